The van der Waals surface area contributed by atoms with Crippen molar-refractivity contribution in [3.8, 4) is 11.3 Å². The topological polar surface area (TPSA) is 37.6 Å². The minimum atomic E-state index is 0.281. The lowest BCUT2D eigenvalue weighted by atomic mass is 10.1. The van der Waals surface area contributed by atoms with E-state index in [4.69, 9.17) is 4.98 Å². The predicted molar refractivity (Wildman–Crippen MR) is 126 cm³/mol. The summed E-state index contributed by atoms with van der Waals surface area (Å²) in [5.74, 6) is 0.281. The number of carbonyl (C=O) groups excluding carboxylic acids is 1. The van der Waals surface area contributed by atoms with Crippen LogP contribution in [0.15, 0.2) is 66.2 Å². The highest BCUT2D eigenvalue weighted by atomic mass is 32.1. The third-order valence-electron chi connectivity index (χ3n) is 6.02. The van der Waals surface area contributed by atoms with Crippen LogP contribution in [0.3, 0.4) is 0 Å². The van der Waals surface area contributed by atoms with Crippen molar-refractivity contribution in [1.82, 2.24) is 14.3 Å². The fourth-order valence-corrected chi connectivity index (χ4v) is 4.95. The molecule has 4 nitrogen and oxygen atoms in total. The summed E-state index contributed by atoms with van der Waals surface area (Å²) in [6, 6.07) is 19.2. The van der Waals surface area contributed by atoms with Gasteiger partial charge < -0.3 is 4.90 Å². The standard InChI is InChI=1S/C26H27N3OS/c1-19-7-10-21(11-8-19)24-17-29-23(18-31-26(29)27-24)15-16-28(22-12-13-22)25(30)14-9-20-5-3-2-4-6-20/h2-8,10-11,17-18,22H,9,12-16H2,1H3. The van der Waals surface area contributed by atoms with E-state index in [2.05, 4.69) is 64.2 Å². The fraction of sp³-hybridized carbons (Fsp3) is 0.308. The van der Waals surface area contributed by atoms with Crippen molar-refractivity contribution in [2.24, 2.45) is 0 Å². The summed E-state index contributed by atoms with van der Waals surface area (Å²) in [7, 11) is 0. The van der Waals surface area contributed by atoms with E-state index < -0.39 is 0 Å². The highest BCUT2D eigenvalue weighted by Crippen LogP contribution is 2.29. The first-order chi connectivity index (χ1) is 15.2. The lowest BCUT2D eigenvalue weighted by molar-refractivity contribution is -0.131. The van der Waals surface area contributed by atoms with Crippen molar-refractivity contribution in [3.63, 3.8) is 0 Å². The van der Waals surface area contributed by atoms with Gasteiger partial charge in [-0.1, -0.05) is 60.2 Å². The molecule has 5 rings (SSSR count). The van der Waals surface area contributed by atoms with Crippen LogP contribution in [0.2, 0.25) is 0 Å². The number of fused-ring (bicyclic) bond motifs is 1. The summed E-state index contributed by atoms with van der Waals surface area (Å²) in [4.78, 5) is 20.9. The molecule has 2 heterocycles. The summed E-state index contributed by atoms with van der Waals surface area (Å²) < 4.78 is 2.19. The Balaban J connectivity index is 1.26. The number of hydrogen-bond donors (Lipinski definition) is 0. The van der Waals surface area contributed by atoms with E-state index in [1.54, 1.807) is 11.3 Å². The van der Waals surface area contributed by atoms with Crippen LogP contribution < -0.4 is 0 Å². The Labute approximate surface area is 187 Å². The van der Waals surface area contributed by atoms with Gasteiger partial charge in [-0.15, -0.1) is 11.3 Å². The van der Waals surface area contributed by atoms with Crippen LogP contribution in [0.4, 0.5) is 0 Å². The summed E-state index contributed by atoms with van der Waals surface area (Å²) in [6.45, 7) is 2.88. The summed E-state index contributed by atoms with van der Waals surface area (Å²) in [6.07, 6.45) is 6.66. The van der Waals surface area contributed by atoms with E-state index >= 15 is 0 Å². The summed E-state index contributed by atoms with van der Waals surface area (Å²) >= 11 is 1.67. The maximum Gasteiger partial charge on any atom is 0.223 e. The van der Waals surface area contributed by atoms with Crippen LogP contribution in [0.1, 0.15) is 36.1 Å². The number of nitrogens with zero attached hydrogens (tertiary/aromatic N) is 3. The van der Waals surface area contributed by atoms with Gasteiger partial charge in [0.25, 0.3) is 0 Å². The molecule has 1 saturated carbocycles. The second-order valence-corrected chi connectivity index (χ2v) is 9.26. The zero-order valence-corrected chi connectivity index (χ0v) is 18.6. The third kappa shape index (κ3) is 4.57. The Kier molecular flexibility index (Phi) is 5.60. The minimum Gasteiger partial charge on any atom is -0.339 e. The third-order valence-corrected chi connectivity index (χ3v) is 6.91. The summed E-state index contributed by atoms with van der Waals surface area (Å²) in [5, 5.41) is 2.18. The molecule has 2 aromatic carbocycles. The van der Waals surface area contributed by atoms with Crippen molar-refractivity contribution in [2.75, 3.05) is 6.54 Å². The maximum absolute atomic E-state index is 12.9. The van der Waals surface area contributed by atoms with Crippen LogP contribution in [-0.2, 0) is 17.6 Å². The Morgan fingerprint density at radius 3 is 2.61 bits per heavy atom. The van der Waals surface area contributed by atoms with Gasteiger partial charge in [-0.2, -0.15) is 0 Å². The highest BCUT2D eigenvalue weighted by molar-refractivity contribution is 7.15. The van der Waals surface area contributed by atoms with Crippen molar-refractivity contribution in [3.05, 3.63) is 83.0 Å². The highest BCUT2D eigenvalue weighted by Gasteiger charge is 2.32. The molecule has 0 aliphatic heterocycles. The number of aromatic nitrogens is 2. The molecular formula is C26H27N3OS. The van der Waals surface area contributed by atoms with E-state index in [1.165, 1.54) is 16.8 Å². The van der Waals surface area contributed by atoms with Crippen molar-refractivity contribution in [2.45, 2.75) is 45.1 Å². The number of hydrogen-bond acceptors (Lipinski definition) is 3. The van der Waals surface area contributed by atoms with Gasteiger partial charge in [-0.3, -0.25) is 9.20 Å². The molecular weight excluding hydrogens is 402 g/mol. The quantitative estimate of drug-likeness (QED) is 0.369. The van der Waals surface area contributed by atoms with Crippen LogP contribution in [0.5, 0.6) is 0 Å². The van der Waals surface area contributed by atoms with Crippen molar-refractivity contribution < 1.29 is 4.79 Å². The molecule has 0 unspecified atom stereocenters. The number of rotatable bonds is 8. The number of imidazole rings is 1. The Morgan fingerprint density at radius 1 is 1.10 bits per heavy atom. The SMILES string of the molecule is Cc1ccc(-c2cn3c(CCN(C(=O)CCc4ccccc4)C4CC4)csc3n2)cc1. The molecule has 1 amide bonds. The average Bonchev–Trinajstić information content (AvgIpc) is 3.43. The van der Waals surface area contributed by atoms with Gasteiger partial charge in [-0.05, 0) is 31.7 Å². The van der Waals surface area contributed by atoms with Gasteiger partial charge in [0.15, 0.2) is 4.96 Å². The fourth-order valence-electron chi connectivity index (χ4n) is 4.04. The van der Waals surface area contributed by atoms with Gasteiger partial charge in [-0.25, -0.2) is 4.98 Å². The molecule has 1 aliphatic carbocycles. The van der Waals surface area contributed by atoms with Crippen LogP contribution in [-0.4, -0.2) is 32.8 Å². The van der Waals surface area contributed by atoms with E-state index in [0.29, 0.717) is 12.5 Å². The van der Waals surface area contributed by atoms with E-state index in [1.807, 2.05) is 18.2 Å². The van der Waals surface area contributed by atoms with E-state index in [9.17, 15) is 4.79 Å². The Bertz CT molecular complexity index is 1170. The average molecular weight is 430 g/mol. The normalized spacial score (nSPS) is 13.6. The molecule has 0 bridgehead atoms. The molecule has 0 saturated heterocycles. The molecule has 0 radical (unpaired) electrons. The van der Waals surface area contributed by atoms with Gasteiger partial charge in [0.05, 0.1) is 5.69 Å². The number of benzene rings is 2. The molecule has 0 N–H and O–H groups in total. The zero-order valence-electron chi connectivity index (χ0n) is 17.8. The Hall–Kier alpha value is -2.92. The van der Waals surface area contributed by atoms with E-state index in [-0.39, 0.29) is 5.91 Å². The first-order valence-electron chi connectivity index (χ1n) is 11.0. The molecule has 2 aromatic heterocycles. The second-order valence-electron chi connectivity index (χ2n) is 8.43. The maximum atomic E-state index is 12.9. The van der Waals surface area contributed by atoms with Crippen molar-refractivity contribution in [1.29, 1.82) is 0 Å². The molecule has 4 aromatic rings. The lowest BCUT2D eigenvalue weighted by Gasteiger charge is -2.22. The number of aryl methyl sites for hydroxylation is 2. The lowest BCUT2D eigenvalue weighted by Crippen LogP contribution is -2.35. The van der Waals surface area contributed by atoms with Gasteiger partial charge in [0.1, 0.15) is 0 Å². The number of thiazole rings is 1. The van der Waals surface area contributed by atoms with Gasteiger partial charge >= 0.3 is 0 Å². The molecule has 0 atom stereocenters. The Morgan fingerprint density at radius 2 is 1.87 bits per heavy atom. The molecule has 5 heteroatoms. The van der Waals surface area contributed by atoms with Crippen LogP contribution in [0, 0.1) is 6.92 Å². The molecule has 1 aliphatic rings. The number of amides is 1. The minimum absolute atomic E-state index is 0.281. The second kappa shape index (κ2) is 8.67. The van der Waals surface area contributed by atoms with Gasteiger partial charge in [0, 0.05) is 48.3 Å². The van der Waals surface area contributed by atoms with Crippen LogP contribution >= 0.6 is 11.3 Å². The van der Waals surface area contributed by atoms with Gasteiger partial charge in [0.2, 0.25) is 5.91 Å². The molecule has 1 fully saturated rings. The van der Waals surface area contributed by atoms with Crippen LogP contribution in [0.25, 0.3) is 16.2 Å². The van der Waals surface area contributed by atoms with E-state index in [0.717, 1.165) is 48.4 Å². The largest absolute Gasteiger partial charge is 0.339 e. The monoisotopic (exact) mass is 429 g/mol. The smallest absolute Gasteiger partial charge is 0.223 e. The first kappa shape index (κ1) is 20.0. The number of carbonyl (C=O) groups is 1. The molecule has 31 heavy (non-hydrogen) atoms. The predicted octanol–water partition coefficient (Wildman–Crippen LogP) is 5.54. The zero-order chi connectivity index (χ0) is 21.2. The van der Waals surface area contributed by atoms with Crippen molar-refractivity contribution >= 4 is 22.2 Å². The summed E-state index contributed by atoms with van der Waals surface area (Å²) in [5.41, 5.74) is 5.86. The molecule has 0 spiro atoms. The first-order valence-corrected chi connectivity index (χ1v) is 11.9. The molecule has 158 valence electrons.